The average Bonchev–Trinajstić information content (AvgIpc) is 2.19. The predicted molar refractivity (Wildman–Crippen MR) is 57.9 cm³/mol. The standard InChI is InChI=1S/C12H19NO/c1-3-7-11(14)10-12(13-2)8-5-4-6-9-12/h1,13H,4-10H2,2H3. The molecule has 1 aliphatic rings. The summed E-state index contributed by atoms with van der Waals surface area (Å²) in [5.74, 6) is 2.62. The third kappa shape index (κ3) is 2.85. The minimum atomic E-state index is 0.0478. The van der Waals surface area contributed by atoms with Gasteiger partial charge in [-0.05, 0) is 19.9 Å². The van der Waals surface area contributed by atoms with Crippen LogP contribution in [0.3, 0.4) is 0 Å². The van der Waals surface area contributed by atoms with Gasteiger partial charge in [0.15, 0.2) is 0 Å². The van der Waals surface area contributed by atoms with Gasteiger partial charge < -0.3 is 5.32 Å². The molecule has 14 heavy (non-hydrogen) atoms. The molecule has 0 aliphatic heterocycles. The molecule has 0 heterocycles. The molecular formula is C12H19NO. The number of terminal acetylenes is 1. The summed E-state index contributed by atoms with van der Waals surface area (Å²) in [6.07, 6.45) is 12.0. The molecule has 0 aromatic rings. The van der Waals surface area contributed by atoms with Gasteiger partial charge in [-0.15, -0.1) is 6.42 Å². The smallest absolute Gasteiger partial charge is 0.146 e. The lowest BCUT2D eigenvalue weighted by molar-refractivity contribution is -0.119. The van der Waals surface area contributed by atoms with Gasteiger partial charge in [-0.3, -0.25) is 4.79 Å². The van der Waals surface area contributed by atoms with E-state index in [1.165, 1.54) is 19.3 Å². The summed E-state index contributed by atoms with van der Waals surface area (Å²) in [4.78, 5) is 11.5. The van der Waals surface area contributed by atoms with Crippen molar-refractivity contribution in [3.63, 3.8) is 0 Å². The van der Waals surface area contributed by atoms with Gasteiger partial charge in [-0.1, -0.05) is 25.2 Å². The first-order valence-electron chi connectivity index (χ1n) is 5.36. The third-order valence-electron chi connectivity index (χ3n) is 3.18. The van der Waals surface area contributed by atoms with E-state index in [1.807, 2.05) is 7.05 Å². The molecule has 78 valence electrons. The van der Waals surface area contributed by atoms with Crippen molar-refractivity contribution in [2.24, 2.45) is 0 Å². The fourth-order valence-electron chi connectivity index (χ4n) is 2.30. The summed E-state index contributed by atoms with van der Waals surface area (Å²) in [7, 11) is 1.95. The number of rotatable bonds is 4. The Morgan fingerprint density at radius 3 is 2.57 bits per heavy atom. The van der Waals surface area contributed by atoms with Gasteiger partial charge in [0, 0.05) is 12.0 Å². The van der Waals surface area contributed by atoms with Crippen LogP contribution >= 0.6 is 0 Å². The van der Waals surface area contributed by atoms with Crippen LogP contribution in [0.15, 0.2) is 0 Å². The van der Waals surface area contributed by atoms with E-state index in [4.69, 9.17) is 6.42 Å². The maximum absolute atomic E-state index is 11.5. The quantitative estimate of drug-likeness (QED) is 0.691. The minimum Gasteiger partial charge on any atom is -0.314 e. The Morgan fingerprint density at radius 2 is 2.07 bits per heavy atom. The van der Waals surface area contributed by atoms with Crippen LogP contribution in [0.25, 0.3) is 0 Å². The molecule has 0 unspecified atom stereocenters. The van der Waals surface area contributed by atoms with Gasteiger partial charge in [0.2, 0.25) is 0 Å². The zero-order valence-corrected chi connectivity index (χ0v) is 8.94. The van der Waals surface area contributed by atoms with Crippen LogP contribution < -0.4 is 5.32 Å². The maximum atomic E-state index is 11.5. The number of hydrogen-bond donors (Lipinski definition) is 1. The lowest BCUT2D eigenvalue weighted by Crippen LogP contribution is -2.46. The van der Waals surface area contributed by atoms with Crippen molar-refractivity contribution in [1.29, 1.82) is 0 Å². The van der Waals surface area contributed by atoms with E-state index < -0.39 is 0 Å². The van der Waals surface area contributed by atoms with Gasteiger partial charge in [-0.2, -0.15) is 0 Å². The fourth-order valence-corrected chi connectivity index (χ4v) is 2.30. The van der Waals surface area contributed by atoms with Crippen LogP contribution in [-0.2, 0) is 4.79 Å². The number of ketones is 1. The molecule has 0 bridgehead atoms. The van der Waals surface area contributed by atoms with Crippen molar-refractivity contribution in [1.82, 2.24) is 5.32 Å². The number of carbonyl (C=O) groups is 1. The lowest BCUT2D eigenvalue weighted by Gasteiger charge is -2.36. The largest absolute Gasteiger partial charge is 0.314 e. The minimum absolute atomic E-state index is 0.0478. The van der Waals surface area contributed by atoms with E-state index in [2.05, 4.69) is 11.2 Å². The Morgan fingerprint density at radius 1 is 1.43 bits per heavy atom. The molecule has 0 spiro atoms. The van der Waals surface area contributed by atoms with E-state index in [1.54, 1.807) is 0 Å². The van der Waals surface area contributed by atoms with Crippen molar-refractivity contribution in [2.75, 3.05) is 7.05 Å². The second kappa shape index (κ2) is 5.17. The summed E-state index contributed by atoms with van der Waals surface area (Å²) in [5, 5.41) is 3.32. The van der Waals surface area contributed by atoms with Crippen molar-refractivity contribution < 1.29 is 4.79 Å². The zero-order chi connectivity index (χ0) is 10.4. The van der Waals surface area contributed by atoms with E-state index in [9.17, 15) is 4.79 Å². The average molecular weight is 193 g/mol. The second-order valence-electron chi connectivity index (χ2n) is 4.19. The molecule has 0 aromatic carbocycles. The normalized spacial score (nSPS) is 20.0. The molecule has 0 radical (unpaired) electrons. The number of nitrogens with one attached hydrogen (secondary N) is 1. The molecular weight excluding hydrogens is 174 g/mol. The van der Waals surface area contributed by atoms with Crippen LogP contribution in [0.5, 0.6) is 0 Å². The summed E-state index contributed by atoms with van der Waals surface area (Å²) in [6, 6.07) is 0. The Balaban J connectivity index is 2.52. The molecule has 2 heteroatoms. The highest BCUT2D eigenvalue weighted by Crippen LogP contribution is 2.31. The Kier molecular flexibility index (Phi) is 4.16. The van der Waals surface area contributed by atoms with Gasteiger partial charge in [0.25, 0.3) is 0 Å². The van der Waals surface area contributed by atoms with E-state index in [-0.39, 0.29) is 17.7 Å². The summed E-state index contributed by atoms with van der Waals surface area (Å²) >= 11 is 0. The highest BCUT2D eigenvalue weighted by Gasteiger charge is 2.31. The maximum Gasteiger partial charge on any atom is 0.146 e. The van der Waals surface area contributed by atoms with E-state index in [0.29, 0.717) is 6.42 Å². The summed E-state index contributed by atoms with van der Waals surface area (Å²) in [6.45, 7) is 0. The lowest BCUT2D eigenvalue weighted by atomic mass is 9.78. The van der Waals surface area contributed by atoms with Gasteiger partial charge in [0.1, 0.15) is 5.78 Å². The molecule has 1 saturated carbocycles. The molecule has 1 aliphatic carbocycles. The first-order chi connectivity index (χ1) is 6.72. The predicted octanol–water partition coefficient (Wildman–Crippen LogP) is 1.89. The fraction of sp³-hybridized carbons (Fsp3) is 0.750. The van der Waals surface area contributed by atoms with Crippen molar-refractivity contribution >= 4 is 5.78 Å². The van der Waals surface area contributed by atoms with E-state index in [0.717, 1.165) is 12.8 Å². The Hall–Kier alpha value is -0.810. The molecule has 2 nitrogen and oxygen atoms in total. The molecule has 1 N–H and O–H groups in total. The van der Waals surface area contributed by atoms with Gasteiger partial charge >= 0.3 is 0 Å². The molecule has 0 aromatic heterocycles. The number of hydrogen-bond acceptors (Lipinski definition) is 2. The van der Waals surface area contributed by atoms with Crippen LogP contribution in [0, 0.1) is 12.3 Å². The van der Waals surface area contributed by atoms with Gasteiger partial charge in [-0.25, -0.2) is 0 Å². The van der Waals surface area contributed by atoms with Crippen molar-refractivity contribution in [3.8, 4) is 12.3 Å². The first-order valence-corrected chi connectivity index (χ1v) is 5.36. The summed E-state index contributed by atoms with van der Waals surface area (Å²) < 4.78 is 0. The first kappa shape index (κ1) is 11.3. The van der Waals surface area contributed by atoms with Crippen LogP contribution in [-0.4, -0.2) is 18.4 Å². The van der Waals surface area contributed by atoms with Crippen LogP contribution in [0.2, 0.25) is 0 Å². The molecule has 1 fully saturated rings. The molecule has 0 saturated heterocycles. The Labute approximate surface area is 86.5 Å². The monoisotopic (exact) mass is 193 g/mol. The van der Waals surface area contributed by atoms with Crippen LogP contribution in [0.4, 0.5) is 0 Å². The zero-order valence-electron chi connectivity index (χ0n) is 8.94. The summed E-state index contributed by atoms with van der Waals surface area (Å²) in [5.41, 5.74) is 0.0478. The molecule has 0 atom stereocenters. The highest BCUT2D eigenvalue weighted by molar-refractivity contribution is 5.81. The number of carbonyl (C=O) groups excluding carboxylic acids is 1. The number of Topliss-reactive ketones (excluding diaryl/α,β-unsaturated/α-hetero) is 1. The van der Waals surface area contributed by atoms with Crippen LogP contribution in [0.1, 0.15) is 44.9 Å². The third-order valence-corrected chi connectivity index (χ3v) is 3.18. The van der Waals surface area contributed by atoms with Crippen molar-refractivity contribution in [3.05, 3.63) is 0 Å². The van der Waals surface area contributed by atoms with Gasteiger partial charge in [0.05, 0.1) is 6.42 Å². The SMILES string of the molecule is C#CCC(=O)CC1(NC)CCCCC1. The topological polar surface area (TPSA) is 29.1 Å². The Bertz CT molecular complexity index is 233. The molecule has 1 rings (SSSR count). The highest BCUT2D eigenvalue weighted by atomic mass is 16.1. The molecule has 0 amide bonds. The van der Waals surface area contributed by atoms with E-state index >= 15 is 0 Å². The van der Waals surface area contributed by atoms with Crippen molar-refractivity contribution in [2.45, 2.75) is 50.5 Å². The second-order valence-corrected chi connectivity index (χ2v) is 4.19.